The summed E-state index contributed by atoms with van der Waals surface area (Å²) in [5, 5.41) is 2.38. The summed E-state index contributed by atoms with van der Waals surface area (Å²) in [5.74, 6) is 0. The molecule has 0 saturated carbocycles. The van der Waals surface area contributed by atoms with Gasteiger partial charge in [0.05, 0.1) is 28.6 Å². The fraction of sp³-hybridized carbons (Fsp3) is 0.621. The highest BCUT2D eigenvalue weighted by atomic mass is 32.2. The Morgan fingerprint density at radius 3 is 2.17 bits per heavy atom. The van der Waals surface area contributed by atoms with Gasteiger partial charge in [-0.15, -0.1) is 0 Å². The maximum Gasteiger partial charge on any atom is 0.359 e. The molecule has 6 heteroatoms. The highest BCUT2D eigenvalue weighted by Crippen LogP contribution is 2.37. The first-order chi connectivity index (χ1) is 16.6. The van der Waals surface area contributed by atoms with Gasteiger partial charge in [-0.3, -0.25) is 4.58 Å². The zero-order valence-electron chi connectivity index (χ0n) is 22.6. The summed E-state index contributed by atoms with van der Waals surface area (Å²) in [7, 11) is 0. The van der Waals surface area contributed by atoms with E-state index in [9.17, 15) is 0 Å². The Hall–Kier alpha value is -1.66. The summed E-state index contributed by atoms with van der Waals surface area (Å²) in [5.41, 5.74) is 2.49. The van der Waals surface area contributed by atoms with Crippen molar-refractivity contribution in [3.63, 3.8) is 0 Å². The van der Waals surface area contributed by atoms with Crippen molar-refractivity contribution in [2.24, 2.45) is 10.4 Å². The van der Waals surface area contributed by atoms with Crippen LogP contribution in [0, 0.1) is 5.41 Å². The number of hydrogen-bond acceptors (Lipinski definition) is 4. The van der Waals surface area contributed by atoms with Crippen LogP contribution in [0.1, 0.15) is 90.6 Å². The SMILES string of the molecule is CC(C)(C)C1=NC(=[N+]2CCCCC2)S/C1=C/C=C/C=C/c1sc(N2CCCCC2)nc1C(C)(C)C. The van der Waals surface area contributed by atoms with Crippen molar-refractivity contribution in [3.05, 3.63) is 39.8 Å². The molecule has 0 N–H and O–H groups in total. The van der Waals surface area contributed by atoms with E-state index >= 15 is 0 Å². The lowest BCUT2D eigenvalue weighted by Crippen LogP contribution is -2.29. The van der Waals surface area contributed by atoms with Crippen LogP contribution in [-0.2, 0) is 5.41 Å². The Labute approximate surface area is 221 Å². The third-order valence-corrected chi connectivity index (χ3v) is 8.84. The minimum Gasteiger partial charge on any atom is -0.348 e. The molecule has 1 aromatic heterocycles. The molecule has 35 heavy (non-hydrogen) atoms. The van der Waals surface area contributed by atoms with Crippen molar-refractivity contribution in [1.82, 2.24) is 4.98 Å². The molecular formula is C29H43N4S2+. The largest absolute Gasteiger partial charge is 0.359 e. The summed E-state index contributed by atoms with van der Waals surface area (Å²) in [6, 6.07) is 0. The number of aliphatic imine (C=N–C) groups is 1. The average Bonchev–Trinajstić information content (AvgIpc) is 3.45. The second-order valence-electron chi connectivity index (χ2n) is 11.9. The lowest BCUT2D eigenvalue weighted by Gasteiger charge is -2.26. The Kier molecular flexibility index (Phi) is 8.42. The van der Waals surface area contributed by atoms with Crippen molar-refractivity contribution >= 4 is 45.2 Å². The van der Waals surface area contributed by atoms with Crippen LogP contribution in [0.5, 0.6) is 0 Å². The lowest BCUT2D eigenvalue weighted by atomic mass is 9.89. The molecule has 0 bridgehead atoms. The van der Waals surface area contributed by atoms with Crippen LogP contribution >= 0.6 is 23.1 Å². The van der Waals surface area contributed by atoms with Gasteiger partial charge in [0.15, 0.2) is 10.8 Å². The quantitative estimate of drug-likeness (QED) is 0.307. The zero-order chi connectivity index (χ0) is 25.1. The fourth-order valence-corrected chi connectivity index (χ4v) is 7.21. The van der Waals surface area contributed by atoms with E-state index in [0.717, 1.165) is 26.2 Å². The van der Waals surface area contributed by atoms with E-state index in [1.807, 2.05) is 23.1 Å². The Balaban J connectivity index is 1.51. The number of aromatic nitrogens is 1. The molecule has 0 aliphatic carbocycles. The number of allylic oxidation sites excluding steroid dienone is 5. The molecule has 3 aliphatic heterocycles. The fourth-order valence-electron chi connectivity index (χ4n) is 4.73. The number of thioether (sulfide) groups is 1. The summed E-state index contributed by atoms with van der Waals surface area (Å²) >= 11 is 3.69. The molecule has 2 saturated heterocycles. The van der Waals surface area contributed by atoms with Crippen LogP contribution < -0.4 is 4.90 Å². The topological polar surface area (TPSA) is 31.5 Å². The first-order valence-electron chi connectivity index (χ1n) is 13.3. The van der Waals surface area contributed by atoms with Gasteiger partial charge in [0.1, 0.15) is 0 Å². The molecule has 0 radical (unpaired) electrons. The Morgan fingerprint density at radius 2 is 1.51 bits per heavy atom. The number of amidine groups is 1. The van der Waals surface area contributed by atoms with E-state index in [0.29, 0.717) is 0 Å². The van der Waals surface area contributed by atoms with Crippen LogP contribution in [0.15, 0.2) is 34.2 Å². The second-order valence-corrected chi connectivity index (χ2v) is 13.9. The maximum atomic E-state index is 5.09. The molecule has 0 unspecified atom stereocenters. The molecule has 0 spiro atoms. The molecular weight excluding hydrogens is 468 g/mol. The molecule has 4 heterocycles. The van der Waals surface area contributed by atoms with Crippen molar-refractivity contribution in [2.45, 2.75) is 85.5 Å². The smallest absolute Gasteiger partial charge is 0.348 e. The number of thiazole rings is 1. The predicted octanol–water partition coefficient (Wildman–Crippen LogP) is 7.67. The summed E-state index contributed by atoms with van der Waals surface area (Å²) < 4.78 is 2.47. The molecule has 3 aliphatic rings. The van der Waals surface area contributed by atoms with Gasteiger partial charge in [0.25, 0.3) is 0 Å². The van der Waals surface area contributed by atoms with Gasteiger partial charge in [0.2, 0.25) is 0 Å². The van der Waals surface area contributed by atoms with Crippen LogP contribution in [0.4, 0.5) is 5.13 Å². The first kappa shape index (κ1) is 26.4. The lowest BCUT2D eigenvalue weighted by molar-refractivity contribution is -0.535. The highest BCUT2D eigenvalue weighted by Gasteiger charge is 2.37. The second kappa shape index (κ2) is 11.2. The van der Waals surface area contributed by atoms with Gasteiger partial charge >= 0.3 is 5.17 Å². The predicted molar refractivity (Wildman–Crippen MR) is 156 cm³/mol. The summed E-state index contributed by atoms with van der Waals surface area (Å²) in [6.45, 7) is 18.1. The van der Waals surface area contributed by atoms with E-state index in [1.165, 1.54) is 70.0 Å². The van der Waals surface area contributed by atoms with Crippen LogP contribution in [0.25, 0.3) is 6.08 Å². The van der Waals surface area contributed by atoms with E-state index in [2.05, 4.69) is 81.4 Å². The van der Waals surface area contributed by atoms with Gasteiger partial charge < -0.3 is 4.90 Å². The summed E-state index contributed by atoms with van der Waals surface area (Å²) in [6.07, 6.45) is 18.8. The molecule has 190 valence electrons. The summed E-state index contributed by atoms with van der Waals surface area (Å²) in [4.78, 5) is 15.2. The standard InChI is InChI=1S/C29H43N4S2/c1-28(2,3)24-22(34-26(30-24)32-18-12-8-13-19-32)16-10-7-11-17-23-25(29(4,5)6)31-27(35-23)33-20-14-9-15-21-33/h7,10-11,16-17H,8-9,12-15,18-21H2,1-6H3/q+1. The van der Waals surface area contributed by atoms with Gasteiger partial charge in [-0.25, -0.2) is 4.98 Å². The van der Waals surface area contributed by atoms with Crippen molar-refractivity contribution < 1.29 is 4.58 Å². The number of hydrogen-bond donors (Lipinski definition) is 0. The molecule has 2 fully saturated rings. The molecule has 4 rings (SSSR count). The van der Waals surface area contributed by atoms with E-state index < -0.39 is 0 Å². The van der Waals surface area contributed by atoms with E-state index in [-0.39, 0.29) is 10.8 Å². The third kappa shape index (κ3) is 6.76. The molecule has 0 amide bonds. The van der Waals surface area contributed by atoms with Crippen LogP contribution in [0.2, 0.25) is 0 Å². The zero-order valence-corrected chi connectivity index (χ0v) is 24.2. The molecule has 0 atom stereocenters. The van der Waals surface area contributed by atoms with E-state index in [1.54, 1.807) is 0 Å². The monoisotopic (exact) mass is 511 g/mol. The number of rotatable bonds is 4. The highest BCUT2D eigenvalue weighted by molar-refractivity contribution is 8.18. The maximum absolute atomic E-state index is 5.09. The van der Waals surface area contributed by atoms with Crippen molar-refractivity contribution in [3.8, 4) is 0 Å². The van der Waals surface area contributed by atoms with Crippen LogP contribution in [-0.4, -0.2) is 46.6 Å². The third-order valence-electron chi connectivity index (χ3n) is 6.68. The van der Waals surface area contributed by atoms with Gasteiger partial charge in [-0.1, -0.05) is 71.1 Å². The van der Waals surface area contributed by atoms with Gasteiger partial charge in [-0.05, 0) is 55.7 Å². The molecule has 0 aromatic carbocycles. The van der Waals surface area contributed by atoms with Gasteiger partial charge in [0, 0.05) is 35.7 Å². The number of nitrogens with zero attached hydrogens (tertiary/aromatic N) is 4. The average molecular weight is 512 g/mol. The molecule has 1 aromatic rings. The van der Waals surface area contributed by atoms with Crippen molar-refractivity contribution in [1.29, 1.82) is 0 Å². The number of anilines is 1. The minimum absolute atomic E-state index is 0.0369. The first-order valence-corrected chi connectivity index (χ1v) is 15.0. The minimum atomic E-state index is 0.0369. The molecule has 4 nitrogen and oxygen atoms in total. The van der Waals surface area contributed by atoms with Crippen molar-refractivity contribution in [2.75, 3.05) is 31.1 Å². The van der Waals surface area contributed by atoms with E-state index in [4.69, 9.17) is 9.98 Å². The van der Waals surface area contributed by atoms with Crippen LogP contribution in [0.3, 0.4) is 0 Å². The number of piperidine rings is 2. The Morgan fingerprint density at radius 1 is 0.829 bits per heavy atom. The van der Waals surface area contributed by atoms with Gasteiger partial charge in [-0.2, -0.15) is 0 Å². The normalized spacial score (nSPS) is 21.7. The Bertz CT molecular complexity index is 1040.